The van der Waals surface area contributed by atoms with E-state index in [1.165, 1.54) is 11.0 Å². The smallest absolute Gasteiger partial charge is 0.345 e. The number of furan rings is 1. The highest BCUT2D eigenvalue weighted by Gasteiger charge is 2.32. The SMILES string of the molecule is CCOC(=O)c1ccc(N=C2S/C(=C\c3oc(Nc4cccc(Cl)c4)c(C(=O)OCC)c3Cl)C(=O)N2C)cc1. The lowest BCUT2D eigenvalue weighted by Crippen LogP contribution is -2.23. The molecule has 1 aliphatic rings. The molecule has 39 heavy (non-hydrogen) atoms. The quantitative estimate of drug-likeness (QED) is 0.223. The first-order chi connectivity index (χ1) is 18.7. The van der Waals surface area contributed by atoms with E-state index in [2.05, 4.69) is 10.3 Å². The molecule has 1 fully saturated rings. The van der Waals surface area contributed by atoms with E-state index in [0.717, 1.165) is 11.8 Å². The van der Waals surface area contributed by atoms with Crippen LogP contribution in [0.25, 0.3) is 6.08 Å². The van der Waals surface area contributed by atoms with Gasteiger partial charge in [-0.2, -0.15) is 0 Å². The number of amidine groups is 1. The number of benzene rings is 2. The minimum atomic E-state index is -0.684. The van der Waals surface area contributed by atoms with Gasteiger partial charge in [0.15, 0.2) is 5.17 Å². The molecule has 12 heteroatoms. The molecule has 1 aliphatic heterocycles. The third-order valence-corrected chi connectivity index (χ3v) is 6.98. The molecular formula is C27H23Cl2N3O6S. The number of esters is 2. The molecule has 0 bridgehead atoms. The van der Waals surface area contributed by atoms with E-state index in [0.29, 0.717) is 27.1 Å². The molecule has 2 heterocycles. The number of carbonyl (C=O) groups excluding carboxylic acids is 3. The minimum Gasteiger partial charge on any atom is -0.462 e. The first-order valence-electron chi connectivity index (χ1n) is 11.8. The Balaban J connectivity index is 1.63. The first kappa shape index (κ1) is 28.3. The van der Waals surface area contributed by atoms with E-state index in [9.17, 15) is 14.4 Å². The molecule has 1 N–H and O–H groups in total. The zero-order valence-electron chi connectivity index (χ0n) is 21.1. The average Bonchev–Trinajstić information content (AvgIpc) is 3.35. The lowest BCUT2D eigenvalue weighted by Gasteiger charge is -2.07. The summed E-state index contributed by atoms with van der Waals surface area (Å²) in [4.78, 5) is 43.7. The van der Waals surface area contributed by atoms with E-state index >= 15 is 0 Å². The van der Waals surface area contributed by atoms with E-state index in [4.69, 9.17) is 37.1 Å². The van der Waals surface area contributed by atoms with Crippen molar-refractivity contribution in [1.82, 2.24) is 4.90 Å². The van der Waals surface area contributed by atoms with Crippen molar-refractivity contribution in [2.75, 3.05) is 25.6 Å². The maximum Gasteiger partial charge on any atom is 0.345 e. The second-order valence-corrected chi connectivity index (χ2v) is 9.80. The normalized spacial score (nSPS) is 15.2. The number of hydrogen-bond donors (Lipinski definition) is 1. The summed E-state index contributed by atoms with van der Waals surface area (Å²) in [6.07, 6.45) is 1.45. The lowest BCUT2D eigenvalue weighted by atomic mass is 10.2. The number of amides is 1. The molecule has 9 nitrogen and oxygen atoms in total. The van der Waals surface area contributed by atoms with Crippen LogP contribution in [0.5, 0.6) is 0 Å². The summed E-state index contributed by atoms with van der Waals surface area (Å²) in [6.45, 7) is 3.82. The number of likely N-dealkylation sites (N-methyl/N-ethyl adjacent to an activating group) is 1. The van der Waals surface area contributed by atoms with Gasteiger partial charge in [-0.15, -0.1) is 0 Å². The number of ether oxygens (including phenoxy) is 2. The van der Waals surface area contributed by atoms with Crippen LogP contribution in [0.15, 0.2) is 62.8 Å². The molecule has 4 rings (SSSR count). The van der Waals surface area contributed by atoms with Crippen molar-refractivity contribution in [3.63, 3.8) is 0 Å². The third kappa shape index (κ3) is 6.47. The number of carbonyl (C=O) groups is 3. The van der Waals surface area contributed by atoms with E-state index in [-0.39, 0.29) is 46.3 Å². The Morgan fingerprint density at radius 2 is 1.77 bits per heavy atom. The van der Waals surface area contributed by atoms with Crippen molar-refractivity contribution in [3.05, 3.63) is 80.4 Å². The van der Waals surface area contributed by atoms with Gasteiger partial charge in [0, 0.05) is 23.8 Å². The van der Waals surface area contributed by atoms with E-state index < -0.39 is 11.9 Å². The number of nitrogens with zero attached hydrogens (tertiary/aromatic N) is 2. The maximum atomic E-state index is 13.0. The number of halogens is 2. The number of hydrogen-bond acceptors (Lipinski definition) is 9. The van der Waals surface area contributed by atoms with Crippen molar-refractivity contribution in [3.8, 4) is 0 Å². The highest BCUT2D eigenvalue weighted by molar-refractivity contribution is 8.18. The molecule has 202 valence electrons. The monoisotopic (exact) mass is 587 g/mol. The maximum absolute atomic E-state index is 13.0. The van der Waals surface area contributed by atoms with Gasteiger partial charge < -0.3 is 19.2 Å². The summed E-state index contributed by atoms with van der Waals surface area (Å²) in [6, 6.07) is 13.3. The van der Waals surface area contributed by atoms with Crippen molar-refractivity contribution >= 4 is 81.3 Å². The summed E-state index contributed by atoms with van der Waals surface area (Å²) in [5.41, 5.74) is 1.49. The van der Waals surface area contributed by atoms with Gasteiger partial charge in [-0.1, -0.05) is 29.3 Å². The van der Waals surface area contributed by atoms with Crippen LogP contribution in [0, 0.1) is 0 Å². The number of thioether (sulfide) groups is 1. The molecule has 0 saturated carbocycles. The molecule has 3 aromatic rings. The van der Waals surface area contributed by atoms with Crippen LogP contribution >= 0.6 is 35.0 Å². The van der Waals surface area contributed by atoms with Crippen molar-refractivity contribution in [1.29, 1.82) is 0 Å². The van der Waals surface area contributed by atoms with Gasteiger partial charge in [-0.05, 0) is 68.1 Å². The Bertz CT molecular complexity index is 1480. The molecule has 0 unspecified atom stereocenters. The third-order valence-electron chi connectivity index (χ3n) is 5.31. The van der Waals surface area contributed by atoms with Gasteiger partial charge in [-0.3, -0.25) is 9.69 Å². The van der Waals surface area contributed by atoms with Crippen LogP contribution < -0.4 is 5.32 Å². The fourth-order valence-electron chi connectivity index (χ4n) is 3.46. The predicted molar refractivity (Wildman–Crippen MR) is 152 cm³/mol. The van der Waals surface area contributed by atoms with Gasteiger partial charge in [0.25, 0.3) is 5.91 Å². The van der Waals surface area contributed by atoms with Crippen LogP contribution in [-0.4, -0.2) is 48.2 Å². The number of nitrogens with one attached hydrogen (secondary N) is 1. The van der Waals surface area contributed by atoms with Crippen LogP contribution in [0.4, 0.5) is 17.3 Å². The van der Waals surface area contributed by atoms with Gasteiger partial charge in [0.05, 0.1) is 29.4 Å². The van der Waals surface area contributed by atoms with Crippen LogP contribution in [0.2, 0.25) is 10.0 Å². The lowest BCUT2D eigenvalue weighted by molar-refractivity contribution is -0.121. The fraction of sp³-hybridized carbons (Fsp3) is 0.185. The number of aliphatic imine (C=N–C) groups is 1. The Morgan fingerprint density at radius 1 is 1.08 bits per heavy atom. The summed E-state index contributed by atoms with van der Waals surface area (Å²) in [5, 5.41) is 3.87. The molecule has 2 aromatic carbocycles. The Labute approximate surface area is 238 Å². The summed E-state index contributed by atoms with van der Waals surface area (Å²) >= 11 is 13.7. The number of rotatable bonds is 8. The standard InChI is InChI=1S/C27H23Cl2N3O6S/c1-4-36-25(34)15-9-11-17(12-10-15)31-27-32(3)24(33)20(39-27)14-19-22(29)21(26(35)37-5-2)23(38-19)30-18-8-6-7-16(28)13-18/h6-14,30H,4-5H2,1-3H3/b20-14-,31-27?. The molecule has 0 atom stereocenters. The molecule has 1 amide bonds. The molecule has 0 radical (unpaired) electrons. The van der Waals surface area contributed by atoms with Gasteiger partial charge in [0.1, 0.15) is 16.3 Å². The van der Waals surface area contributed by atoms with Gasteiger partial charge in [-0.25, -0.2) is 14.6 Å². The largest absolute Gasteiger partial charge is 0.462 e. The molecule has 0 aliphatic carbocycles. The Morgan fingerprint density at radius 3 is 2.44 bits per heavy atom. The summed E-state index contributed by atoms with van der Waals surface area (Å²) in [5.74, 6) is -1.31. The van der Waals surface area contributed by atoms with Crippen LogP contribution in [-0.2, 0) is 14.3 Å². The first-order valence-corrected chi connectivity index (χ1v) is 13.3. The predicted octanol–water partition coefficient (Wildman–Crippen LogP) is 6.92. The highest BCUT2D eigenvalue weighted by atomic mass is 35.5. The summed E-state index contributed by atoms with van der Waals surface area (Å²) < 4.78 is 16.0. The van der Waals surface area contributed by atoms with Gasteiger partial charge in [0.2, 0.25) is 5.88 Å². The molecule has 0 spiro atoms. The average molecular weight is 588 g/mol. The fourth-order valence-corrected chi connectivity index (χ4v) is 4.86. The van der Waals surface area contributed by atoms with Crippen LogP contribution in [0.3, 0.4) is 0 Å². The Kier molecular flexibility index (Phi) is 9.01. The van der Waals surface area contributed by atoms with Gasteiger partial charge >= 0.3 is 11.9 Å². The van der Waals surface area contributed by atoms with Crippen molar-refractivity contribution in [2.45, 2.75) is 13.8 Å². The minimum absolute atomic E-state index is 0.00952. The summed E-state index contributed by atoms with van der Waals surface area (Å²) in [7, 11) is 1.59. The van der Waals surface area contributed by atoms with Crippen molar-refractivity contribution < 1.29 is 28.3 Å². The highest BCUT2D eigenvalue weighted by Crippen LogP contribution is 2.39. The topological polar surface area (TPSA) is 110 Å². The molecule has 1 aromatic heterocycles. The van der Waals surface area contributed by atoms with E-state index in [1.54, 1.807) is 69.4 Å². The zero-order valence-corrected chi connectivity index (χ0v) is 23.4. The van der Waals surface area contributed by atoms with Crippen molar-refractivity contribution in [2.24, 2.45) is 4.99 Å². The van der Waals surface area contributed by atoms with E-state index in [1.807, 2.05) is 0 Å². The molecule has 1 saturated heterocycles. The molecular weight excluding hydrogens is 565 g/mol. The van der Waals surface area contributed by atoms with Crippen LogP contribution in [0.1, 0.15) is 40.3 Å². The Hall–Kier alpha value is -3.73. The second kappa shape index (κ2) is 12.4. The zero-order chi connectivity index (χ0) is 28.1. The number of anilines is 2. The second-order valence-electron chi connectivity index (χ2n) is 7.98.